The van der Waals surface area contributed by atoms with E-state index >= 15 is 0 Å². The Bertz CT molecular complexity index is 374. The number of carbonyl (C=O) groups is 1. The number of nitrogens with zero attached hydrogens (tertiary/aromatic N) is 1. The van der Waals surface area contributed by atoms with Gasteiger partial charge in [0.2, 0.25) is 5.91 Å². The first-order chi connectivity index (χ1) is 7.68. The molecule has 1 saturated heterocycles. The summed E-state index contributed by atoms with van der Waals surface area (Å²) in [4.78, 5) is 15.9. The first-order valence-electron chi connectivity index (χ1n) is 5.25. The number of hydrogen-bond donors (Lipinski definition) is 0. The van der Waals surface area contributed by atoms with Gasteiger partial charge in [0.15, 0.2) is 0 Å². The Morgan fingerprint density at radius 1 is 1.50 bits per heavy atom. The molecule has 1 aromatic heterocycles. The fraction of sp³-hybridized carbons (Fsp3) is 0.545. The molecular formula is C11H14ClNO2S. The maximum atomic E-state index is 12.1. The van der Waals surface area contributed by atoms with Crippen LogP contribution in [0.15, 0.2) is 12.1 Å². The minimum absolute atomic E-state index is 0.00758. The van der Waals surface area contributed by atoms with Crippen molar-refractivity contribution in [1.82, 2.24) is 4.90 Å². The molecule has 1 fully saturated rings. The number of rotatable bonds is 2. The number of alkyl halides is 1. The first-order valence-corrected chi connectivity index (χ1v) is 6.50. The van der Waals surface area contributed by atoms with Gasteiger partial charge in [0.05, 0.1) is 13.2 Å². The number of aryl methyl sites for hydroxylation is 1. The Kier molecular flexibility index (Phi) is 3.84. The number of carbonyl (C=O) groups excluding carboxylic acids is 1. The molecule has 3 nitrogen and oxygen atoms in total. The van der Waals surface area contributed by atoms with Gasteiger partial charge >= 0.3 is 0 Å². The van der Waals surface area contributed by atoms with E-state index in [0.717, 1.165) is 4.88 Å². The van der Waals surface area contributed by atoms with Gasteiger partial charge in [-0.15, -0.1) is 22.9 Å². The highest BCUT2D eigenvalue weighted by atomic mass is 35.5. The molecule has 5 heteroatoms. The van der Waals surface area contributed by atoms with Crippen molar-refractivity contribution in [3.63, 3.8) is 0 Å². The van der Waals surface area contributed by atoms with E-state index in [2.05, 4.69) is 0 Å². The van der Waals surface area contributed by atoms with Gasteiger partial charge in [-0.3, -0.25) is 4.79 Å². The highest BCUT2D eigenvalue weighted by Crippen LogP contribution is 2.29. The lowest BCUT2D eigenvalue weighted by atomic mass is 10.3. The molecule has 2 rings (SSSR count). The number of hydrogen-bond acceptors (Lipinski definition) is 3. The Balaban J connectivity index is 2.03. The largest absolute Gasteiger partial charge is 0.378 e. The number of thiophene rings is 1. The molecule has 1 atom stereocenters. The molecule has 1 unspecified atom stereocenters. The molecule has 88 valence electrons. The van der Waals surface area contributed by atoms with Crippen LogP contribution >= 0.6 is 22.9 Å². The summed E-state index contributed by atoms with van der Waals surface area (Å²) in [5, 5.41) is -0.545. The van der Waals surface area contributed by atoms with Crippen molar-refractivity contribution in [2.45, 2.75) is 12.3 Å². The van der Waals surface area contributed by atoms with E-state index < -0.39 is 5.38 Å². The lowest BCUT2D eigenvalue weighted by Gasteiger charge is -2.28. The topological polar surface area (TPSA) is 29.5 Å². The third-order valence-electron chi connectivity index (χ3n) is 2.55. The summed E-state index contributed by atoms with van der Waals surface area (Å²) >= 11 is 7.76. The number of ether oxygens (including phenoxy) is 1. The van der Waals surface area contributed by atoms with Crippen LogP contribution in [0.5, 0.6) is 0 Å². The molecule has 1 aliphatic heterocycles. The molecule has 0 aliphatic carbocycles. The van der Waals surface area contributed by atoms with Crippen molar-refractivity contribution in [3.8, 4) is 0 Å². The first kappa shape index (κ1) is 11.9. The van der Waals surface area contributed by atoms with Crippen LogP contribution in [0.1, 0.15) is 15.1 Å². The van der Waals surface area contributed by atoms with E-state index in [4.69, 9.17) is 16.3 Å². The van der Waals surface area contributed by atoms with E-state index in [0.29, 0.717) is 26.3 Å². The summed E-state index contributed by atoms with van der Waals surface area (Å²) in [5.74, 6) is -0.00758. The zero-order chi connectivity index (χ0) is 11.5. The summed E-state index contributed by atoms with van der Waals surface area (Å²) in [6.07, 6.45) is 0. The number of halogens is 1. The zero-order valence-corrected chi connectivity index (χ0v) is 10.7. The molecule has 1 amide bonds. The molecule has 2 heterocycles. The molecular weight excluding hydrogens is 246 g/mol. The second-order valence-corrected chi connectivity index (χ2v) is 5.50. The van der Waals surface area contributed by atoms with E-state index in [1.165, 1.54) is 4.88 Å². The SMILES string of the molecule is Cc1ccc(C(Cl)C(=O)N2CCOCC2)s1. The fourth-order valence-electron chi connectivity index (χ4n) is 1.66. The summed E-state index contributed by atoms with van der Waals surface area (Å²) < 4.78 is 5.21. The Morgan fingerprint density at radius 3 is 2.75 bits per heavy atom. The highest BCUT2D eigenvalue weighted by Gasteiger charge is 2.26. The van der Waals surface area contributed by atoms with E-state index in [1.54, 1.807) is 16.2 Å². The van der Waals surface area contributed by atoms with Gasteiger partial charge in [-0.05, 0) is 19.1 Å². The van der Waals surface area contributed by atoms with Crippen LogP contribution < -0.4 is 0 Å². The highest BCUT2D eigenvalue weighted by molar-refractivity contribution is 7.12. The predicted molar refractivity (Wildman–Crippen MR) is 65.0 cm³/mol. The molecule has 0 bridgehead atoms. The van der Waals surface area contributed by atoms with Crippen molar-refractivity contribution in [1.29, 1.82) is 0 Å². The van der Waals surface area contributed by atoms with Crippen LogP contribution in [0, 0.1) is 6.92 Å². The molecule has 0 aromatic carbocycles. The summed E-state index contributed by atoms with van der Waals surface area (Å²) in [5.41, 5.74) is 0. The van der Waals surface area contributed by atoms with E-state index in [9.17, 15) is 4.79 Å². The average molecular weight is 260 g/mol. The second-order valence-electron chi connectivity index (χ2n) is 3.75. The van der Waals surface area contributed by atoms with E-state index in [1.807, 2.05) is 19.1 Å². The minimum atomic E-state index is -0.545. The molecule has 16 heavy (non-hydrogen) atoms. The van der Waals surface area contributed by atoms with Crippen LogP contribution in [0.2, 0.25) is 0 Å². The summed E-state index contributed by atoms with van der Waals surface area (Å²) in [6.45, 7) is 4.52. The molecule has 0 saturated carbocycles. The van der Waals surface area contributed by atoms with Crippen LogP contribution in [-0.2, 0) is 9.53 Å². The van der Waals surface area contributed by atoms with Crippen molar-refractivity contribution in [2.24, 2.45) is 0 Å². The molecule has 1 aromatic rings. The van der Waals surface area contributed by atoms with Gasteiger partial charge < -0.3 is 9.64 Å². The normalized spacial score (nSPS) is 18.5. The van der Waals surface area contributed by atoms with Gasteiger partial charge in [0.25, 0.3) is 0 Å². The number of morpholine rings is 1. The Hall–Kier alpha value is -0.580. The number of amides is 1. The van der Waals surface area contributed by atoms with Gasteiger partial charge in [-0.1, -0.05) is 0 Å². The van der Waals surface area contributed by atoms with Crippen molar-refractivity contribution >= 4 is 28.8 Å². The Labute approximate surface area is 104 Å². The van der Waals surface area contributed by atoms with Crippen LogP contribution in [0.3, 0.4) is 0 Å². The third kappa shape index (κ3) is 2.56. The van der Waals surface area contributed by atoms with Crippen LogP contribution in [0.25, 0.3) is 0 Å². The molecule has 0 radical (unpaired) electrons. The predicted octanol–water partition coefficient (Wildman–Crippen LogP) is 2.20. The monoisotopic (exact) mass is 259 g/mol. The average Bonchev–Trinajstić information content (AvgIpc) is 2.75. The second kappa shape index (κ2) is 5.17. The van der Waals surface area contributed by atoms with Crippen LogP contribution in [-0.4, -0.2) is 37.1 Å². The van der Waals surface area contributed by atoms with Crippen molar-refractivity contribution in [2.75, 3.05) is 26.3 Å². The van der Waals surface area contributed by atoms with Crippen molar-refractivity contribution in [3.05, 3.63) is 21.9 Å². The standard InChI is InChI=1S/C11H14ClNO2S/c1-8-2-3-9(16-8)10(12)11(14)13-4-6-15-7-5-13/h2-3,10H,4-7H2,1H3. The maximum absolute atomic E-state index is 12.1. The fourth-order valence-corrected chi connectivity index (χ4v) is 2.85. The molecule has 0 spiro atoms. The van der Waals surface area contributed by atoms with Gasteiger partial charge in [0, 0.05) is 22.8 Å². The molecule has 0 N–H and O–H groups in total. The third-order valence-corrected chi connectivity index (χ3v) is 4.17. The van der Waals surface area contributed by atoms with Gasteiger partial charge in [-0.25, -0.2) is 0 Å². The lowest BCUT2D eigenvalue weighted by Crippen LogP contribution is -2.42. The summed E-state index contributed by atoms with van der Waals surface area (Å²) in [6, 6.07) is 3.91. The zero-order valence-electron chi connectivity index (χ0n) is 9.11. The van der Waals surface area contributed by atoms with E-state index in [-0.39, 0.29) is 5.91 Å². The summed E-state index contributed by atoms with van der Waals surface area (Å²) in [7, 11) is 0. The van der Waals surface area contributed by atoms with Crippen LogP contribution in [0.4, 0.5) is 0 Å². The van der Waals surface area contributed by atoms with Gasteiger partial charge in [-0.2, -0.15) is 0 Å². The lowest BCUT2D eigenvalue weighted by molar-refractivity contribution is -0.134. The van der Waals surface area contributed by atoms with Gasteiger partial charge in [0.1, 0.15) is 5.38 Å². The quantitative estimate of drug-likeness (QED) is 0.762. The molecule has 1 aliphatic rings. The Morgan fingerprint density at radius 2 is 2.19 bits per heavy atom. The smallest absolute Gasteiger partial charge is 0.246 e. The van der Waals surface area contributed by atoms with Crippen molar-refractivity contribution < 1.29 is 9.53 Å². The minimum Gasteiger partial charge on any atom is -0.378 e. The maximum Gasteiger partial charge on any atom is 0.246 e.